The van der Waals surface area contributed by atoms with Crippen molar-refractivity contribution < 1.29 is 32.4 Å². The molecular formula is C9H5F4NO4. The molecule has 0 amide bonds. The van der Waals surface area contributed by atoms with Crippen LogP contribution in [0.3, 0.4) is 0 Å². The number of hydrogen-bond donors (Lipinski definition) is 1. The lowest BCUT2D eigenvalue weighted by molar-refractivity contribution is -0.385. The van der Waals surface area contributed by atoms with Gasteiger partial charge in [-0.1, -0.05) is 0 Å². The standard InChI is InChI=1S/C9H5F4NO4/c10-6-2-1-4(14(17)18)3-5(6)7(8(15)16)9(11,12)13/h1-3,7H,(H,15,16). The molecule has 0 radical (unpaired) electrons. The van der Waals surface area contributed by atoms with E-state index in [9.17, 15) is 32.5 Å². The first kappa shape index (κ1) is 13.9. The maximum Gasteiger partial charge on any atom is 0.406 e. The molecule has 1 aromatic carbocycles. The Morgan fingerprint density at radius 1 is 1.39 bits per heavy atom. The van der Waals surface area contributed by atoms with E-state index in [1.807, 2.05) is 0 Å². The van der Waals surface area contributed by atoms with Gasteiger partial charge >= 0.3 is 12.1 Å². The van der Waals surface area contributed by atoms with E-state index in [2.05, 4.69) is 0 Å². The highest BCUT2D eigenvalue weighted by Crippen LogP contribution is 2.37. The van der Waals surface area contributed by atoms with Crippen LogP contribution in [0.4, 0.5) is 23.2 Å². The van der Waals surface area contributed by atoms with Crippen molar-refractivity contribution in [3.8, 4) is 0 Å². The molecule has 0 fully saturated rings. The molecule has 0 aliphatic heterocycles. The summed E-state index contributed by atoms with van der Waals surface area (Å²) in [6, 6.07) is 1.34. The van der Waals surface area contributed by atoms with Gasteiger partial charge in [0.1, 0.15) is 5.82 Å². The number of carboxylic acid groups (broad SMARTS) is 1. The van der Waals surface area contributed by atoms with Gasteiger partial charge in [-0.15, -0.1) is 0 Å². The van der Waals surface area contributed by atoms with Gasteiger partial charge in [-0.25, -0.2) is 4.39 Å². The van der Waals surface area contributed by atoms with Crippen molar-refractivity contribution in [3.63, 3.8) is 0 Å². The Labute approximate surface area is 96.8 Å². The third kappa shape index (κ3) is 2.73. The van der Waals surface area contributed by atoms with E-state index < -0.39 is 40.1 Å². The van der Waals surface area contributed by atoms with Gasteiger partial charge in [0.2, 0.25) is 0 Å². The van der Waals surface area contributed by atoms with Crippen molar-refractivity contribution in [3.05, 3.63) is 39.7 Å². The van der Waals surface area contributed by atoms with Gasteiger partial charge in [-0.05, 0) is 6.07 Å². The first-order valence-corrected chi connectivity index (χ1v) is 4.38. The number of aliphatic carboxylic acids is 1. The lowest BCUT2D eigenvalue weighted by atomic mass is 9.97. The number of halogens is 4. The summed E-state index contributed by atoms with van der Waals surface area (Å²) in [5.74, 6) is -6.94. The molecule has 0 aliphatic carbocycles. The molecule has 0 aliphatic rings. The molecule has 0 bridgehead atoms. The molecule has 0 spiro atoms. The number of nitro benzene ring substituents is 1. The Morgan fingerprint density at radius 2 is 1.94 bits per heavy atom. The zero-order chi connectivity index (χ0) is 14.1. The highest BCUT2D eigenvalue weighted by molar-refractivity contribution is 5.77. The van der Waals surface area contributed by atoms with Gasteiger partial charge in [0.05, 0.1) is 4.92 Å². The minimum atomic E-state index is -5.25. The van der Waals surface area contributed by atoms with Crippen molar-refractivity contribution in [2.45, 2.75) is 12.1 Å². The number of non-ortho nitro benzene ring substituents is 1. The average Bonchev–Trinajstić information content (AvgIpc) is 2.18. The SMILES string of the molecule is O=C(O)C(c1cc([N+](=O)[O-])ccc1F)C(F)(F)F. The molecular weight excluding hydrogens is 262 g/mol. The van der Waals surface area contributed by atoms with Crippen molar-refractivity contribution >= 4 is 11.7 Å². The zero-order valence-corrected chi connectivity index (χ0v) is 8.44. The summed E-state index contributed by atoms with van der Waals surface area (Å²) in [7, 11) is 0. The second-order valence-corrected chi connectivity index (χ2v) is 3.28. The smallest absolute Gasteiger partial charge is 0.406 e. The van der Waals surface area contributed by atoms with Crippen molar-refractivity contribution in [1.82, 2.24) is 0 Å². The number of nitro groups is 1. The molecule has 0 saturated carbocycles. The van der Waals surface area contributed by atoms with E-state index in [4.69, 9.17) is 5.11 Å². The predicted molar refractivity (Wildman–Crippen MR) is 49.5 cm³/mol. The molecule has 0 aromatic heterocycles. The second-order valence-electron chi connectivity index (χ2n) is 3.28. The lowest BCUT2D eigenvalue weighted by Crippen LogP contribution is -2.29. The number of rotatable bonds is 3. The van der Waals surface area contributed by atoms with Crippen LogP contribution in [0.15, 0.2) is 18.2 Å². The van der Waals surface area contributed by atoms with E-state index in [0.717, 1.165) is 0 Å². The molecule has 0 saturated heterocycles. The van der Waals surface area contributed by atoms with Crippen molar-refractivity contribution in [2.75, 3.05) is 0 Å². The fourth-order valence-corrected chi connectivity index (χ4v) is 1.32. The summed E-state index contributed by atoms with van der Waals surface area (Å²) in [6.07, 6.45) is -5.25. The van der Waals surface area contributed by atoms with Crippen LogP contribution in [0.5, 0.6) is 0 Å². The Morgan fingerprint density at radius 3 is 2.33 bits per heavy atom. The number of alkyl halides is 3. The molecule has 9 heteroatoms. The number of carbonyl (C=O) groups is 1. The Bertz CT molecular complexity index is 500. The van der Waals surface area contributed by atoms with Gasteiger partial charge in [-0.2, -0.15) is 13.2 Å². The summed E-state index contributed by atoms with van der Waals surface area (Å²) in [6.45, 7) is 0. The summed E-state index contributed by atoms with van der Waals surface area (Å²) >= 11 is 0. The molecule has 98 valence electrons. The molecule has 5 nitrogen and oxygen atoms in total. The van der Waals surface area contributed by atoms with Gasteiger partial charge in [0, 0.05) is 17.7 Å². The molecule has 18 heavy (non-hydrogen) atoms. The quantitative estimate of drug-likeness (QED) is 0.518. The molecule has 0 heterocycles. The van der Waals surface area contributed by atoms with Gasteiger partial charge in [-0.3, -0.25) is 14.9 Å². The van der Waals surface area contributed by atoms with Crippen molar-refractivity contribution in [2.24, 2.45) is 0 Å². The van der Waals surface area contributed by atoms with Crippen molar-refractivity contribution in [1.29, 1.82) is 0 Å². The Hall–Kier alpha value is -2.19. The average molecular weight is 267 g/mol. The fourth-order valence-electron chi connectivity index (χ4n) is 1.32. The summed E-state index contributed by atoms with van der Waals surface area (Å²) in [4.78, 5) is 19.8. The zero-order valence-electron chi connectivity index (χ0n) is 8.44. The Balaban J connectivity index is 3.41. The third-order valence-electron chi connectivity index (χ3n) is 2.08. The topological polar surface area (TPSA) is 80.4 Å². The highest BCUT2D eigenvalue weighted by atomic mass is 19.4. The summed E-state index contributed by atoms with van der Waals surface area (Å²) in [5.41, 5.74) is -2.11. The van der Waals surface area contributed by atoms with Crippen LogP contribution in [0, 0.1) is 15.9 Å². The molecule has 1 N–H and O–H groups in total. The lowest BCUT2D eigenvalue weighted by Gasteiger charge is -2.16. The molecule has 1 unspecified atom stereocenters. The van der Waals surface area contributed by atoms with Crippen LogP contribution >= 0.6 is 0 Å². The van der Waals surface area contributed by atoms with Gasteiger partial charge < -0.3 is 5.11 Å². The van der Waals surface area contributed by atoms with Crippen LogP contribution in [0.25, 0.3) is 0 Å². The highest BCUT2D eigenvalue weighted by Gasteiger charge is 2.48. The minimum absolute atomic E-state index is 0.265. The normalized spacial score (nSPS) is 13.1. The number of benzene rings is 1. The van der Waals surface area contributed by atoms with Gasteiger partial charge in [0.15, 0.2) is 5.92 Å². The first-order chi connectivity index (χ1) is 8.14. The summed E-state index contributed by atoms with van der Waals surface area (Å²) in [5, 5.41) is 18.8. The van der Waals surface area contributed by atoms with E-state index in [0.29, 0.717) is 12.1 Å². The largest absolute Gasteiger partial charge is 0.481 e. The van der Waals surface area contributed by atoms with E-state index in [-0.39, 0.29) is 6.07 Å². The fraction of sp³-hybridized carbons (Fsp3) is 0.222. The maximum atomic E-state index is 13.2. The monoisotopic (exact) mass is 267 g/mol. The predicted octanol–water partition coefficient (Wildman–Crippen LogP) is 2.46. The van der Waals surface area contributed by atoms with Gasteiger partial charge in [0.25, 0.3) is 5.69 Å². The van der Waals surface area contributed by atoms with Crippen LogP contribution in [-0.2, 0) is 4.79 Å². The van der Waals surface area contributed by atoms with E-state index in [1.165, 1.54) is 0 Å². The molecule has 1 atom stereocenters. The first-order valence-electron chi connectivity index (χ1n) is 4.38. The van der Waals surface area contributed by atoms with E-state index in [1.54, 1.807) is 0 Å². The van der Waals surface area contributed by atoms with Crippen LogP contribution < -0.4 is 0 Å². The number of nitrogens with zero attached hydrogens (tertiary/aromatic N) is 1. The number of carboxylic acids is 1. The molecule has 1 rings (SSSR count). The summed E-state index contributed by atoms with van der Waals surface area (Å²) < 4.78 is 50.5. The number of hydrogen-bond acceptors (Lipinski definition) is 3. The van der Waals surface area contributed by atoms with Crippen LogP contribution in [0.2, 0.25) is 0 Å². The second kappa shape index (κ2) is 4.59. The maximum absolute atomic E-state index is 13.2. The Kier molecular flexibility index (Phi) is 3.54. The third-order valence-corrected chi connectivity index (χ3v) is 2.08. The minimum Gasteiger partial charge on any atom is -0.481 e. The van der Waals surface area contributed by atoms with E-state index >= 15 is 0 Å². The van der Waals surface area contributed by atoms with Crippen LogP contribution in [0.1, 0.15) is 11.5 Å². The molecule has 1 aromatic rings. The van der Waals surface area contributed by atoms with Crippen LogP contribution in [-0.4, -0.2) is 22.2 Å².